The van der Waals surface area contributed by atoms with Crippen LogP contribution >= 0.6 is 0 Å². The van der Waals surface area contributed by atoms with Crippen molar-refractivity contribution >= 4 is 0 Å². The summed E-state index contributed by atoms with van der Waals surface area (Å²) in [6.07, 6.45) is 3.98. The fraction of sp³-hybridized carbons (Fsp3) is 0.500. The van der Waals surface area contributed by atoms with Crippen molar-refractivity contribution < 1.29 is 4.52 Å². The van der Waals surface area contributed by atoms with Gasteiger partial charge in [0.1, 0.15) is 0 Å². The lowest BCUT2D eigenvalue weighted by molar-refractivity contribution is 0.221. The molecule has 0 radical (unpaired) electrons. The minimum atomic E-state index is -0.260. The second kappa shape index (κ2) is 4.70. The molecular formula is C16H21N3O. The van der Waals surface area contributed by atoms with E-state index in [4.69, 9.17) is 10.3 Å². The Morgan fingerprint density at radius 3 is 2.55 bits per heavy atom. The molecule has 20 heavy (non-hydrogen) atoms. The Balaban J connectivity index is 1.82. The lowest BCUT2D eigenvalue weighted by Gasteiger charge is -2.36. The molecule has 0 bridgehead atoms. The van der Waals surface area contributed by atoms with Gasteiger partial charge in [-0.2, -0.15) is 4.98 Å². The average Bonchev–Trinajstić information content (AvgIpc) is 2.87. The molecule has 4 heteroatoms. The molecule has 2 aromatic rings. The third-order valence-electron chi connectivity index (χ3n) is 4.38. The van der Waals surface area contributed by atoms with Crippen LogP contribution in [-0.4, -0.2) is 15.7 Å². The predicted octanol–water partition coefficient (Wildman–Crippen LogP) is 2.82. The van der Waals surface area contributed by atoms with E-state index < -0.39 is 0 Å². The summed E-state index contributed by atoms with van der Waals surface area (Å²) in [4.78, 5) is 4.57. The molecule has 0 amide bonds. The monoisotopic (exact) mass is 271 g/mol. The van der Waals surface area contributed by atoms with Crippen molar-refractivity contribution in [2.45, 2.75) is 50.5 Å². The van der Waals surface area contributed by atoms with Crippen LogP contribution in [-0.2, 0) is 11.8 Å². The number of nitrogens with two attached hydrogens (primary N) is 1. The smallest absolute Gasteiger partial charge is 0.228 e. The van der Waals surface area contributed by atoms with E-state index in [2.05, 4.69) is 36.1 Å². The van der Waals surface area contributed by atoms with Gasteiger partial charge in [0.15, 0.2) is 5.82 Å². The van der Waals surface area contributed by atoms with Crippen LogP contribution in [0.1, 0.15) is 50.4 Å². The third kappa shape index (κ3) is 2.36. The van der Waals surface area contributed by atoms with Crippen molar-refractivity contribution in [1.29, 1.82) is 0 Å². The number of hydrogen-bond acceptors (Lipinski definition) is 4. The van der Waals surface area contributed by atoms with Crippen LogP contribution in [0.3, 0.4) is 0 Å². The summed E-state index contributed by atoms with van der Waals surface area (Å²) in [5.74, 6) is 1.38. The minimum Gasteiger partial charge on any atom is -0.339 e. The number of rotatable bonds is 4. The molecule has 0 spiro atoms. The highest BCUT2D eigenvalue weighted by Crippen LogP contribution is 2.33. The van der Waals surface area contributed by atoms with E-state index in [0.717, 1.165) is 18.7 Å². The minimum absolute atomic E-state index is 0.124. The maximum atomic E-state index is 6.24. The highest BCUT2D eigenvalue weighted by Gasteiger charge is 2.36. The van der Waals surface area contributed by atoms with Gasteiger partial charge in [0.05, 0.1) is 5.41 Å². The van der Waals surface area contributed by atoms with Gasteiger partial charge < -0.3 is 10.3 Å². The van der Waals surface area contributed by atoms with Gasteiger partial charge in [0, 0.05) is 12.0 Å². The number of nitrogens with zero attached hydrogens (tertiary/aromatic N) is 2. The first-order valence-corrected chi connectivity index (χ1v) is 7.17. The molecule has 0 atom stereocenters. The van der Waals surface area contributed by atoms with Gasteiger partial charge in [-0.25, -0.2) is 0 Å². The molecule has 1 saturated carbocycles. The van der Waals surface area contributed by atoms with Crippen molar-refractivity contribution in [1.82, 2.24) is 10.1 Å². The fourth-order valence-electron chi connectivity index (χ4n) is 2.67. The summed E-state index contributed by atoms with van der Waals surface area (Å²) in [5.41, 5.74) is 7.03. The Bertz CT molecular complexity index is 585. The normalized spacial score (nSPS) is 17.8. The lowest BCUT2D eigenvalue weighted by Crippen LogP contribution is -2.48. The van der Waals surface area contributed by atoms with E-state index >= 15 is 0 Å². The first-order chi connectivity index (χ1) is 9.50. The summed E-state index contributed by atoms with van der Waals surface area (Å²) in [7, 11) is 0. The van der Waals surface area contributed by atoms with Crippen molar-refractivity contribution in [2.24, 2.45) is 5.73 Å². The zero-order valence-electron chi connectivity index (χ0n) is 12.1. The maximum Gasteiger partial charge on any atom is 0.228 e. The molecular weight excluding hydrogens is 250 g/mol. The molecule has 1 heterocycles. The number of aromatic nitrogens is 2. The van der Waals surface area contributed by atoms with Crippen LogP contribution in [0.15, 0.2) is 34.9 Å². The quantitative estimate of drug-likeness (QED) is 0.928. The van der Waals surface area contributed by atoms with Crippen molar-refractivity contribution in [3.63, 3.8) is 0 Å². The van der Waals surface area contributed by atoms with Crippen LogP contribution in [0, 0.1) is 0 Å². The van der Waals surface area contributed by atoms with E-state index in [0.29, 0.717) is 12.3 Å². The van der Waals surface area contributed by atoms with E-state index in [1.165, 1.54) is 12.0 Å². The Kier molecular flexibility index (Phi) is 3.13. The summed E-state index contributed by atoms with van der Waals surface area (Å²) in [5, 5.41) is 4.17. The van der Waals surface area contributed by atoms with E-state index in [9.17, 15) is 0 Å². The topological polar surface area (TPSA) is 64.9 Å². The molecule has 2 N–H and O–H groups in total. The van der Waals surface area contributed by atoms with Gasteiger partial charge in [0.25, 0.3) is 0 Å². The van der Waals surface area contributed by atoms with E-state index in [1.54, 1.807) is 0 Å². The van der Waals surface area contributed by atoms with E-state index in [-0.39, 0.29) is 11.0 Å². The second-order valence-corrected chi connectivity index (χ2v) is 6.40. The molecule has 1 aliphatic carbocycles. The van der Waals surface area contributed by atoms with Crippen LogP contribution < -0.4 is 5.73 Å². The van der Waals surface area contributed by atoms with Crippen LogP contribution in [0.5, 0.6) is 0 Å². The Hall–Kier alpha value is -1.68. The summed E-state index contributed by atoms with van der Waals surface area (Å²) < 4.78 is 5.40. The molecule has 4 nitrogen and oxygen atoms in total. The first-order valence-electron chi connectivity index (χ1n) is 7.17. The Morgan fingerprint density at radius 2 is 1.95 bits per heavy atom. The summed E-state index contributed by atoms with van der Waals surface area (Å²) >= 11 is 0. The second-order valence-electron chi connectivity index (χ2n) is 6.40. The van der Waals surface area contributed by atoms with Crippen molar-refractivity contribution in [3.8, 4) is 0 Å². The zero-order chi connectivity index (χ0) is 14.2. The lowest BCUT2D eigenvalue weighted by atomic mass is 9.75. The molecule has 106 valence electrons. The van der Waals surface area contributed by atoms with Crippen LogP contribution in [0.2, 0.25) is 0 Å². The van der Waals surface area contributed by atoms with Gasteiger partial charge in [-0.15, -0.1) is 0 Å². The standard InChI is InChI=1S/C16H21N3O/c1-15(2,12-7-4-3-5-8-12)14-18-13(20-19-14)11-16(17)9-6-10-16/h3-5,7-8H,6,9-11,17H2,1-2H3. The Morgan fingerprint density at radius 1 is 1.25 bits per heavy atom. The maximum absolute atomic E-state index is 6.24. The molecule has 1 fully saturated rings. The molecule has 3 rings (SSSR count). The average molecular weight is 271 g/mol. The molecule has 1 aromatic heterocycles. The number of hydrogen-bond donors (Lipinski definition) is 1. The highest BCUT2D eigenvalue weighted by molar-refractivity contribution is 5.30. The summed E-state index contributed by atoms with van der Waals surface area (Å²) in [6.45, 7) is 4.22. The van der Waals surface area contributed by atoms with Gasteiger partial charge in [-0.1, -0.05) is 35.5 Å². The molecule has 0 aliphatic heterocycles. The van der Waals surface area contributed by atoms with Crippen molar-refractivity contribution in [3.05, 3.63) is 47.6 Å². The SMILES string of the molecule is CC(C)(c1ccccc1)c1noc(CC2(N)CCC2)n1. The molecule has 1 aromatic carbocycles. The van der Waals surface area contributed by atoms with E-state index in [1.807, 2.05) is 18.2 Å². The van der Waals surface area contributed by atoms with Gasteiger partial charge in [-0.3, -0.25) is 0 Å². The van der Waals surface area contributed by atoms with Gasteiger partial charge in [-0.05, 0) is 38.7 Å². The van der Waals surface area contributed by atoms with Crippen LogP contribution in [0.25, 0.3) is 0 Å². The van der Waals surface area contributed by atoms with Crippen LogP contribution in [0.4, 0.5) is 0 Å². The van der Waals surface area contributed by atoms with Gasteiger partial charge in [0.2, 0.25) is 5.89 Å². The molecule has 1 aliphatic rings. The third-order valence-corrected chi connectivity index (χ3v) is 4.38. The summed E-state index contributed by atoms with van der Waals surface area (Å²) in [6, 6.07) is 10.2. The molecule has 0 unspecified atom stereocenters. The zero-order valence-corrected chi connectivity index (χ0v) is 12.1. The largest absolute Gasteiger partial charge is 0.339 e. The fourth-order valence-corrected chi connectivity index (χ4v) is 2.67. The predicted molar refractivity (Wildman–Crippen MR) is 77.3 cm³/mol. The first kappa shape index (κ1) is 13.3. The van der Waals surface area contributed by atoms with Crippen molar-refractivity contribution in [2.75, 3.05) is 0 Å². The van der Waals surface area contributed by atoms with Gasteiger partial charge >= 0.3 is 0 Å². The highest BCUT2D eigenvalue weighted by atomic mass is 16.5. The number of benzene rings is 1. The Labute approximate surface area is 119 Å². The molecule has 0 saturated heterocycles.